The maximum Gasteiger partial charge on any atom is 0.0685 e. The molecule has 0 radical (unpaired) electrons. The van der Waals surface area contributed by atoms with E-state index in [1.807, 2.05) is 6.92 Å². The molecule has 0 amide bonds. The number of hydrogen-bond donors (Lipinski definition) is 1. The second kappa shape index (κ2) is 3.46. The molecule has 1 fully saturated rings. The van der Waals surface area contributed by atoms with E-state index in [4.69, 9.17) is 0 Å². The summed E-state index contributed by atoms with van der Waals surface area (Å²) in [6.45, 7) is 1.99. The lowest BCUT2D eigenvalue weighted by Gasteiger charge is -2.22. The monoisotopic (exact) mass is 214 g/mol. The summed E-state index contributed by atoms with van der Waals surface area (Å²) in [5, 5.41) is 10.3. The molecule has 0 saturated heterocycles. The number of allylic oxidation sites excluding steroid dienone is 1. The molecule has 0 aromatic heterocycles. The largest absolute Gasteiger partial charge is 0.390 e. The average molecular weight is 214 g/mol. The van der Waals surface area contributed by atoms with Crippen LogP contribution in [0.5, 0.6) is 0 Å². The Hall–Kier alpha value is -1.08. The van der Waals surface area contributed by atoms with Crippen LogP contribution in [-0.4, -0.2) is 10.7 Å². The van der Waals surface area contributed by atoms with Crippen LogP contribution in [0.1, 0.15) is 31.7 Å². The maximum absolute atomic E-state index is 10.3. The van der Waals surface area contributed by atoms with Gasteiger partial charge in [0.05, 0.1) is 5.60 Å². The predicted octanol–water partition coefficient (Wildman–Crippen LogP) is 3.25. The third-order valence-electron chi connectivity index (χ3n) is 4.25. The number of fused-ring (bicyclic) bond motifs is 1. The molecule has 0 aliphatic heterocycles. The topological polar surface area (TPSA) is 20.2 Å². The zero-order chi connectivity index (χ0) is 11.2. The molecule has 1 nitrogen and oxygen atoms in total. The Balaban J connectivity index is 1.91. The Bertz CT molecular complexity index is 416. The summed E-state index contributed by atoms with van der Waals surface area (Å²) in [5.74, 6) is 1.05. The molecule has 1 saturated carbocycles. The van der Waals surface area contributed by atoms with E-state index in [1.54, 1.807) is 0 Å². The van der Waals surface area contributed by atoms with Crippen LogP contribution in [0.2, 0.25) is 0 Å². The molecule has 0 bridgehead atoms. The van der Waals surface area contributed by atoms with Crippen molar-refractivity contribution in [2.24, 2.45) is 11.8 Å². The van der Waals surface area contributed by atoms with Crippen LogP contribution >= 0.6 is 0 Å². The normalized spacial score (nSPS) is 37.2. The van der Waals surface area contributed by atoms with Gasteiger partial charge in [-0.15, -0.1) is 0 Å². The summed E-state index contributed by atoms with van der Waals surface area (Å²) in [5.41, 5.74) is 2.28. The van der Waals surface area contributed by atoms with E-state index in [2.05, 4.69) is 36.4 Å². The SMILES string of the molecule is C[C@]1(O)CC[C@H]2CC(c3ccccc3)=C[C@H]21. The van der Waals surface area contributed by atoms with Crippen molar-refractivity contribution >= 4 is 5.57 Å². The van der Waals surface area contributed by atoms with E-state index >= 15 is 0 Å². The standard InChI is InChI=1S/C15H18O/c1-15(16)8-7-12-9-13(10-14(12)15)11-5-3-2-4-6-11/h2-6,10,12,14,16H,7-9H2,1H3/t12-,14+,15-/m0/s1. The number of rotatable bonds is 1. The molecule has 84 valence electrons. The lowest BCUT2D eigenvalue weighted by atomic mass is 9.90. The van der Waals surface area contributed by atoms with Crippen molar-refractivity contribution in [2.45, 2.75) is 31.8 Å². The average Bonchev–Trinajstić information content (AvgIpc) is 2.82. The molecule has 3 atom stereocenters. The first kappa shape index (κ1) is 10.1. The summed E-state index contributed by atoms with van der Waals surface area (Å²) in [4.78, 5) is 0. The van der Waals surface area contributed by atoms with Gasteiger partial charge >= 0.3 is 0 Å². The van der Waals surface area contributed by atoms with Crippen molar-refractivity contribution in [3.8, 4) is 0 Å². The van der Waals surface area contributed by atoms with E-state index < -0.39 is 5.60 Å². The quantitative estimate of drug-likeness (QED) is 0.760. The first-order valence-electron chi connectivity index (χ1n) is 6.15. The molecule has 0 spiro atoms. The van der Waals surface area contributed by atoms with Gasteiger partial charge < -0.3 is 5.11 Å². The molecule has 2 aliphatic carbocycles. The Morgan fingerprint density at radius 1 is 1.25 bits per heavy atom. The van der Waals surface area contributed by atoms with E-state index in [0.717, 1.165) is 12.8 Å². The molecule has 0 unspecified atom stereocenters. The summed E-state index contributed by atoms with van der Waals surface area (Å²) in [6.07, 6.45) is 5.59. The Morgan fingerprint density at radius 2 is 2.00 bits per heavy atom. The van der Waals surface area contributed by atoms with Gasteiger partial charge in [-0.25, -0.2) is 0 Å². The van der Waals surface area contributed by atoms with Gasteiger partial charge in [0.2, 0.25) is 0 Å². The third kappa shape index (κ3) is 1.51. The van der Waals surface area contributed by atoms with Crippen molar-refractivity contribution in [2.75, 3.05) is 0 Å². The molecule has 0 heterocycles. The maximum atomic E-state index is 10.3. The van der Waals surface area contributed by atoms with Crippen LogP contribution in [0, 0.1) is 11.8 Å². The fourth-order valence-electron chi connectivity index (χ4n) is 3.31. The minimum Gasteiger partial charge on any atom is -0.390 e. The van der Waals surface area contributed by atoms with E-state index in [-0.39, 0.29) is 0 Å². The lowest BCUT2D eigenvalue weighted by molar-refractivity contribution is 0.0333. The van der Waals surface area contributed by atoms with Crippen molar-refractivity contribution < 1.29 is 5.11 Å². The second-order valence-corrected chi connectivity index (χ2v) is 5.44. The molecular formula is C15H18O. The first-order valence-corrected chi connectivity index (χ1v) is 6.15. The molecule has 1 heteroatoms. The van der Waals surface area contributed by atoms with Gasteiger partial charge in [-0.2, -0.15) is 0 Å². The predicted molar refractivity (Wildman–Crippen MR) is 65.9 cm³/mol. The van der Waals surface area contributed by atoms with E-state index in [9.17, 15) is 5.11 Å². The van der Waals surface area contributed by atoms with Gasteiger partial charge in [-0.1, -0.05) is 36.4 Å². The first-order chi connectivity index (χ1) is 7.67. The molecule has 1 aromatic carbocycles. The second-order valence-electron chi connectivity index (χ2n) is 5.44. The minimum absolute atomic E-state index is 0.378. The third-order valence-corrected chi connectivity index (χ3v) is 4.25. The van der Waals surface area contributed by atoms with Crippen LogP contribution in [0.25, 0.3) is 5.57 Å². The Labute approximate surface area is 96.8 Å². The zero-order valence-corrected chi connectivity index (χ0v) is 9.69. The Morgan fingerprint density at radius 3 is 2.69 bits per heavy atom. The fourth-order valence-corrected chi connectivity index (χ4v) is 3.31. The van der Waals surface area contributed by atoms with Gasteiger partial charge in [0.25, 0.3) is 0 Å². The van der Waals surface area contributed by atoms with Crippen molar-refractivity contribution in [1.82, 2.24) is 0 Å². The van der Waals surface area contributed by atoms with Crippen molar-refractivity contribution in [1.29, 1.82) is 0 Å². The van der Waals surface area contributed by atoms with E-state index in [0.29, 0.717) is 11.8 Å². The van der Waals surface area contributed by atoms with Crippen LogP contribution in [0.3, 0.4) is 0 Å². The Kier molecular flexibility index (Phi) is 2.18. The van der Waals surface area contributed by atoms with Gasteiger partial charge in [0, 0.05) is 5.92 Å². The fraction of sp³-hybridized carbons (Fsp3) is 0.467. The molecule has 3 rings (SSSR count). The molecule has 1 N–H and O–H groups in total. The van der Waals surface area contributed by atoms with Crippen molar-refractivity contribution in [3.05, 3.63) is 42.0 Å². The van der Waals surface area contributed by atoms with Gasteiger partial charge in [-0.3, -0.25) is 0 Å². The van der Waals surface area contributed by atoms with Crippen LogP contribution in [0.4, 0.5) is 0 Å². The summed E-state index contributed by atoms with van der Waals surface area (Å²) in [7, 11) is 0. The highest BCUT2D eigenvalue weighted by atomic mass is 16.3. The highest BCUT2D eigenvalue weighted by molar-refractivity contribution is 5.68. The van der Waals surface area contributed by atoms with Gasteiger partial charge in [0.1, 0.15) is 0 Å². The number of benzene rings is 1. The summed E-state index contributed by atoms with van der Waals surface area (Å²) >= 11 is 0. The highest BCUT2D eigenvalue weighted by Gasteiger charge is 2.45. The zero-order valence-electron chi connectivity index (χ0n) is 9.69. The van der Waals surface area contributed by atoms with Crippen molar-refractivity contribution in [3.63, 3.8) is 0 Å². The smallest absolute Gasteiger partial charge is 0.0685 e. The lowest BCUT2D eigenvalue weighted by Crippen LogP contribution is -2.28. The molecular weight excluding hydrogens is 196 g/mol. The van der Waals surface area contributed by atoms with Gasteiger partial charge in [0.15, 0.2) is 0 Å². The molecule has 1 aromatic rings. The molecule has 16 heavy (non-hydrogen) atoms. The number of aliphatic hydroxyl groups is 1. The summed E-state index contributed by atoms with van der Waals surface area (Å²) < 4.78 is 0. The van der Waals surface area contributed by atoms with E-state index in [1.165, 1.54) is 17.6 Å². The minimum atomic E-state index is -0.471. The highest BCUT2D eigenvalue weighted by Crippen LogP contribution is 2.50. The van der Waals surface area contributed by atoms with Crippen LogP contribution in [-0.2, 0) is 0 Å². The van der Waals surface area contributed by atoms with Crippen LogP contribution in [0.15, 0.2) is 36.4 Å². The van der Waals surface area contributed by atoms with Crippen LogP contribution < -0.4 is 0 Å². The van der Waals surface area contributed by atoms with Gasteiger partial charge in [-0.05, 0) is 43.2 Å². The number of hydrogen-bond acceptors (Lipinski definition) is 1. The molecule has 2 aliphatic rings. The summed E-state index contributed by atoms with van der Waals surface area (Å²) in [6, 6.07) is 10.6.